The molecule has 0 aromatic carbocycles. The van der Waals surface area contributed by atoms with Crippen molar-refractivity contribution in [3.8, 4) is 0 Å². The second-order valence-corrected chi connectivity index (χ2v) is 6.22. The number of aromatic nitrogens is 1. The Bertz CT molecular complexity index is 467. The lowest BCUT2D eigenvalue weighted by Gasteiger charge is -2.14. The van der Waals surface area contributed by atoms with E-state index in [9.17, 15) is 13.2 Å². The van der Waals surface area contributed by atoms with Gasteiger partial charge in [0.2, 0.25) is 0 Å². The Balaban J connectivity index is 2.92. The molecule has 4 nitrogen and oxygen atoms in total. The van der Waals surface area contributed by atoms with Crippen molar-refractivity contribution in [1.82, 2.24) is 4.98 Å². The molecule has 0 aliphatic heterocycles. The van der Waals surface area contributed by atoms with Crippen molar-refractivity contribution in [2.24, 2.45) is 0 Å². The molecule has 0 aliphatic rings. The molecular formula is C11H15NO3S. The Kier molecular flexibility index (Phi) is 3.80. The van der Waals surface area contributed by atoms with E-state index in [4.69, 9.17) is 0 Å². The number of pyridine rings is 1. The third-order valence-corrected chi connectivity index (χ3v) is 4.12. The predicted molar refractivity (Wildman–Crippen MR) is 62.0 cm³/mol. The smallest absolute Gasteiger partial charge is 0.159 e. The molecule has 1 rings (SSSR count). The van der Waals surface area contributed by atoms with Gasteiger partial charge in [-0.25, -0.2) is 8.42 Å². The van der Waals surface area contributed by atoms with Crippen LogP contribution in [-0.4, -0.2) is 30.7 Å². The molecule has 0 aliphatic carbocycles. The molecule has 16 heavy (non-hydrogen) atoms. The first-order chi connectivity index (χ1) is 7.34. The van der Waals surface area contributed by atoms with Crippen molar-refractivity contribution >= 4 is 15.6 Å². The maximum absolute atomic E-state index is 11.9. The molecule has 0 saturated carbocycles. The molecular weight excluding hydrogens is 226 g/mol. The summed E-state index contributed by atoms with van der Waals surface area (Å²) >= 11 is 0. The number of nitrogens with zero attached hydrogens (tertiary/aromatic N) is 1. The van der Waals surface area contributed by atoms with Crippen LogP contribution in [0.2, 0.25) is 0 Å². The van der Waals surface area contributed by atoms with E-state index in [1.54, 1.807) is 31.3 Å². The minimum Gasteiger partial charge on any atom is -0.298 e. The van der Waals surface area contributed by atoms with Crippen molar-refractivity contribution in [3.05, 3.63) is 30.1 Å². The van der Waals surface area contributed by atoms with Gasteiger partial charge < -0.3 is 0 Å². The van der Waals surface area contributed by atoms with Gasteiger partial charge in [0.25, 0.3) is 0 Å². The van der Waals surface area contributed by atoms with Gasteiger partial charge in [-0.3, -0.25) is 9.78 Å². The molecule has 0 amide bonds. The normalized spacial score (nSPS) is 15.4. The zero-order valence-corrected chi connectivity index (χ0v) is 10.4. The van der Waals surface area contributed by atoms with Crippen LogP contribution in [0, 0.1) is 0 Å². The van der Waals surface area contributed by atoms with Crippen LogP contribution in [0.15, 0.2) is 24.4 Å². The molecule has 0 spiro atoms. The molecule has 0 saturated heterocycles. The summed E-state index contributed by atoms with van der Waals surface area (Å²) in [6, 6.07) is 5.25. The number of Topliss-reactive ketones (excluding diaryl/α,β-unsaturated/α-hetero) is 1. The molecule has 0 N–H and O–H groups in total. The number of rotatable bonds is 4. The second kappa shape index (κ2) is 4.74. The molecule has 1 aromatic rings. The van der Waals surface area contributed by atoms with E-state index < -0.39 is 21.0 Å². The van der Waals surface area contributed by atoms with Gasteiger partial charge in [-0.15, -0.1) is 0 Å². The molecule has 0 bridgehead atoms. The van der Waals surface area contributed by atoms with E-state index in [-0.39, 0.29) is 5.78 Å². The van der Waals surface area contributed by atoms with Crippen LogP contribution < -0.4 is 0 Å². The van der Waals surface area contributed by atoms with E-state index >= 15 is 0 Å². The molecule has 2 atom stereocenters. The monoisotopic (exact) mass is 241 g/mol. The minimum absolute atomic E-state index is 0.318. The molecule has 0 fully saturated rings. The maximum atomic E-state index is 11.9. The lowest BCUT2D eigenvalue weighted by Crippen LogP contribution is -2.30. The van der Waals surface area contributed by atoms with Crippen molar-refractivity contribution in [2.75, 3.05) is 6.26 Å². The average Bonchev–Trinajstić information content (AvgIpc) is 2.26. The largest absolute Gasteiger partial charge is 0.298 e. The Labute approximate surface area is 95.6 Å². The fourth-order valence-corrected chi connectivity index (χ4v) is 1.97. The molecule has 1 heterocycles. The summed E-state index contributed by atoms with van der Waals surface area (Å²) in [5.74, 6) is -0.813. The first-order valence-electron chi connectivity index (χ1n) is 4.97. The maximum Gasteiger partial charge on any atom is 0.159 e. The lowest BCUT2D eigenvalue weighted by atomic mass is 10.00. The highest BCUT2D eigenvalue weighted by Crippen LogP contribution is 2.17. The Morgan fingerprint density at radius 3 is 2.38 bits per heavy atom. The van der Waals surface area contributed by atoms with Gasteiger partial charge >= 0.3 is 0 Å². The molecule has 5 heteroatoms. The fraction of sp³-hybridized carbons (Fsp3) is 0.455. The number of ketones is 1. The number of hydrogen-bond acceptors (Lipinski definition) is 4. The topological polar surface area (TPSA) is 64.1 Å². The Morgan fingerprint density at radius 2 is 1.94 bits per heavy atom. The van der Waals surface area contributed by atoms with Crippen molar-refractivity contribution in [1.29, 1.82) is 0 Å². The van der Waals surface area contributed by atoms with Crippen molar-refractivity contribution < 1.29 is 13.2 Å². The third kappa shape index (κ3) is 2.88. The third-order valence-electron chi connectivity index (χ3n) is 2.60. The number of carbonyl (C=O) groups excluding carboxylic acids is 1. The summed E-state index contributed by atoms with van der Waals surface area (Å²) in [6.45, 7) is 3.09. The van der Waals surface area contributed by atoms with Gasteiger partial charge in [0.1, 0.15) is 5.25 Å². The molecule has 2 unspecified atom stereocenters. The number of hydrogen-bond donors (Lipinski definition) is 0. The number of carbonyl (C=O) groups is 1. The first-order valence-corrected chi connectivity index (χ1v) is 6.93. The molecule has 0 radical (unpaired) electrons. The van der Waals surface area contributed by atoms with E-state index in [2.05, 4.69) is 4.98 Å². The van der Waals surface area contributed by atoms with E-state index in [0.717, 1.165) is 6.26 Å². The predicted octanol–water partition coefficient (Wildman–Crippen LogP) is 1.19. The average molecular weight is 241 g/mol. The highest BCUT2D eigenvalue weighted by molar-refractivity contribution is 7.92. The van der Waals surface area contributed by atoms with Gasteiger partial charge in [0.05, 0.1) is 11.6 Å². The first kappa shape index (κ1) is 12.8. The summed E-state index contributed by atoms with van der Waals surface area (Å²) in [7, 11) is -3.33. The fourth-order valence-electron chi connectivity index (χ4n) is 1.34. The number of sulfone groups is 1. The highest BCUT2D eigenvalue weighted by Gasteiger charge is 2.28. The molecule has 1 aromatic heterocycles. The van der Waals surface area contributed by atoms with Crippen LogP contribution >= 0.6 is 0 Å². The van der Waals surface area contributed by atoms with Crippen LogP contribution in [0.3, 0.4) is 0 Å². The van der Waals surface area contributed by atoms with E-state index in [1.807, 2.05) is 0 Å². The van der Waals surface area contributed by atoms with Crippen molar-refractivity contribution in [3.63, 3.8) is 0 Å². The van der Waals surface area contributed by atoms with Gasteiger partial charge in [-0.1, -0.05) is 6.07 Å². The summed E-state index contributed by atoms with van der Waals surface area (Å²) in [5, 5.41) is -0.982. The zero-order chi connectivity index (χ0) is 12.3. The Hall–Kier alpha value is -1.23. The summed E-state index contributed by atoms with van der Waals surface area (Å²) in [6.07, 6.45) is 2.66. The van der Waals surface area contributed by atoms with E-state index in [1.165, 1.54) is 6.92 Å². The summed E-state index contributed by atoms with van der Waals surface area (Å²) in [4.78, 5) is 15.9. The second-order valence-electron chi connectivity index (χ2n) is 3.85. The highest BCUT2D eigenvalue weighted by atomic mass is 32.2. The SMILES string of the molecule is CC(C(=O)C(C)S(C)(=O)=O)c1ccccn1. The van der Waals surface area contributed by atoms with Gasteiger partial charge in [-0.05, 0) is 26.0 Å². The van der Waals surface area contributed by atoms with Crippen LogP contribution in [0.5, 0.6) is 0 Å². The summed E-state index contributed by atoms with van der Waals surface area (Å²) in [5.41, 5.74) is 0.600. The zero-order valence-electron chi connectivity index (χ0n) is 9.54. The van der Waals surface area contributed by atoms with Crippen LogP contribution in [-0.2, 0) is 14.6 Å². The minimum atomic E-state index is -3.33. The van der Waals surface area contributed by atoms with Crippen molar-refractivity contribution in [2.45, 2.75) is 25.0 Å². The van der Waals surface area contributed by atoms with Crippen LogP contribution in [0.25, 0.3) is 0 Å². The van der Waals surface area contributed by atoms with E-state index in [0.29, 0.717) is 5.69 Å². The summed E-state index contributed by atoms with van der Waals surface area (Å²) < 4.78 is 22.5. The Morgan fingerprint density at radius 1 is 1.31 bits per heavy atom. The van der Waals surface area contributed by atoms with Gasteiger partial charge in [-0.2, -0.15) is 0 Å². The van der Waals surface area contributed by atoms with Crippen LogP contribution in [0.4, 0.5) is 0 Å². The lowest BCUT2D eigenvalue weighted by molar-refractivity contribution is -0.119. The standard InChI is InChI=1S/C11H15NO3S/c1-8(10-6-4-5-7-12-10)11(13)9(2)16(3,14)15/h4-9H,1-3H3. The quantitative estimate of drug-likeness (QED) is 0.794. The molecule has 88 valence electrons. The van der Waals surface area contributed by atoms with Gasteiger partial charge in [0.15, 0.2) is 15.6 Å². The van der Waals surface area contributed by atoms with Gasteiger partial charge in [0, 0.05) is 12.5 Å². The van der Waals surface area contributed by atoms with Crippen LogP contribution in [0.1, 0.15) is 25.5 Å².